The number of hydrogen-bond acceptors (Lipinski definition) is 2. The molecule has 0 fully saturated rings. The SMILES string of the molecule is Cl.NNC(=O)c1cccc(F)c1I. The fourth-order valence-corrected chi connectivity index (χ4v) is 1.36. The molecule has 0 heterocycles. The third kappa shape index (κ3) is 2.78. The molecule has 3 nitrogen and oxygen atoms in total. The summed E-state index contributed by atoms with van der Waals surface area (Å²) in [5.74, 6) is 3.99. The maximum atomic E-state index is 12.8. The minimum Gasteiger partial charge on any atom is -0.290 e. The Balaban J connectivity index is 0.00000144. The van der Waals surface area contributed by atoms with E-state index >= 15 is 0 Å². The first kappa shape index (κ1) is 12.6. The number of nitrogens with two attached hydrogens (primary N) is 1. The number of nitrogen functional groups attached to an aromatic ring is 1. The van der Waals surface area contributed by atoms with Crippen molar-refractivity contribution in [1.29, 1.82) is 0 Å². The van der Waals surface area contributed by atoms with Crippen molar-refractivity contribution in [2.24, 2.45) is 5.84 Å². The summed E-state index contributed by atoms with van der Waals surface area (Å²) in [4.78, 5) is 11.0. The molecule has 0 radical (unpaired) electrons. The number of hydrazine groups is 1. The highest BCUT2D eigenvalue weighted by Crippen LogP contribution is 2.15. The average Bonchev–Trinajstić information content (AvgIpc) is 2.08. The second-order valence-electron chi connectivity index (χ2n) is 2.07. The van der Waals surface area contributed by atoms with Crippen molar-refractivity contribution in [2.45, 2.75) is 0 Å². The zero-order valence-corrected chi connectivity index (χ0v) is 9.36. The van der Waals surface area contributed by atoms with E-state index in [1.54, 1.807) is 22.6 Å². The molecule has 3 N–H and O–H groups in total. The largest absolute Gasteiger partial charge is 0.290 e. The van der Waals surface area contributed by atoms with E-state index in [-0.39, 0.29) is 21.5 Å². The smallest absolute Gasteiger partial charge is 0.266 e. The van der Waals surface area contributed by atoms with Gasteiger partial charge in [-0.1, -0.05) is 6.07 Å². The van der Waals surface area contributed by atoms with Crippen LogP contribution in [-0.2, 0) is 0 Å². The van der Waals surface area contributed by atoms with Gasteiger partial charge in [-0.15, -0.1) is 12.4 Å². The van der Waals surface area contributed by atoms with Crippen molar-refractivity contribution in [2.75, 3.05) is 0 Å². The normalized spacial score (nSPS) is 8.85. The van der Waals surface area contributed by atoms with Gasteiger partial charge in [-0.2, -0.15) is 0 Å². The molecule has 1 rings (SSSR count). The van der Waals surface area contributed by atoms with Crippen LogP contribution in [0.1, 0.15) is 10.4 Å². The van der Waals surface area contributed by atoms with Crippen LogP contribution < -0.4 is 11.3 Å². The van der Waals surface area contributed by atoms with E-state index in [1.165, 1.54) is 18.2 Å². The molecule has 0 saturated heterocycles. The van der Waals surface area contributed by atoms with E-state index in [1.807, 2.05) is 5.43 Å². The topological polar surface area (TPSA) is 55.1 Å². The molecule has 0 aliphatic carbocycles. The molecule has 0 spiro atoms. The maximum Gasteiger partial charge on any atom is 0.266 e. The Morgan fingerprint density at radius 1 is 1.54 bits per heavy atom. The minimum atomic E-state index is -0.487. The minimum absolute atomic E-state index is 0. The van der Waals surface area contributed by atoms with Gasteiger partial charge in [0.1, 0.15) is 5.82 Å². The number of carbonyl (C=O) groups is 1. The summed E-state index contributed by atoms with van der Waals surface area (Å²) >= 11 is 1.75. The van der Waals surface area contributed by atoms with E-state index < -0.39 is 11.7 Å². The Morgan fingerprint density at radius 3 is 2.69 bits per heavy atom. The van der Waals surface area contributed by atoms with Crippen LogP contribution in [0.3, 0.4) is 0 Å². The van der Waals surface area contributed by atoms with Gasteiger partial charge in [0, 0.05) is 0 Å². The standard InChI is InChI=1S/C7H6FIN2O.ClH/c8-5-3-1-2-4(6(5)9)7(12)11-10;/h1-3H,10H2,(H,11,12);1H. The van der Waals surface area contributed by atoms with Gasteiger partial charge in [0.15, 0.2) is 0 Å². The van der Waals surface area contributed by atoms with Crippen molar-refractivity contribution in [3.8, 4) is 0 Å². The molecule has 1 aromatic carbocycles. The van der Waals surface area contributed by atoms with Crippen LogP contribution in [0.25, 0.3) is 0 Å². The lowest BCUT2D eigenvalue weighted by molar-refractivity contribution is 0.0952. The number of hydrogen-bond donors (Lipinski definition) is 2. The summed E-state index contributed by atoms with van der Waals surface area (Å²) in [5, 5.41) is 0. The van der Waals surface area contributed by atoms with Crippen molar-refractivity contribution < 1.29 is 9.18 Å². The molecule has 0 atom stereocenters. The summed E-state index contributed by atoms with van der Waals surface area (Å²) in [6.07, 6.45) is 0. The molecule has 0 unspecified atom stereocenters. The van der Waals surface area contributed by atoms with Gasteiger partial charge in [0.05, 0.1) is 9.13 Å². The number of amides is 1. The highest BCUT2D eigenvalue weighted by molar-refractivity contribution is 14.1. The summed E-state index contributed by atoms with van der Waals surface area (Å²) in [7, 11) is 0. The van der Waals surface area contributed by atoms with E-state index in [9.17, 15) is 9.18 Å². The van der Waals surface area contributed by atoms with Gasteiger partial charge in [0.2, 0.25) is 0 Å². The maximum absolute atomic E-state index is 12.8. The van der Waals surface area contributed by atoms with Crippen LogP contribution in [0.5, 0.6) is 0 Å². The number of nitrogens with one attached hydrogen (secondary N) is 1. The molecular formula is C7H7ClFIN2O. The van der Waals surface area contributed by atoms with Crippen LogP contribution in [0.15, 0.2) is 18.2 Å². The van der Waals surface area contributed by atoms with Crippen molar-refractivity contribution >= 4 is 40.9 Å². The highest BCUT2D eigenvalue weighted by Gasteiger charge is 2.10. The molecular weight excluding hydrogens is 309 g/mol. The fourth-order valence-electron chi connectivity index (χ4n) is 0.757. The van der Waals surface area contributed by atoms with Gasteiger partial charge in [-0.25, -0.2) is 10.2 Å². The van der Waals surface area contributed by atoms with Gasteiger partial charge in [-0.05, 0) is 34.7 Å². The van der Waals surface area contributed by atoms with Gasteiger partial charge < -0.3 is 0 Å². The quantitative estimate of drug-likeness (QED) is 0.357. The van der Waals surface area contributed by atoms with E-state index in [0.717, 1.165) is 0 Å². The summed E-state index contributed by atoms with van der Waals surface area (Å²) in [5.41, 5.74) is 2.19. The van der Waals surface area contributed by atoms with Crippen molar-refractivity contribution in [1.82, 2.24) is 5.43 Å². The predicted octanol–water partition coefficient (Wildman–Crippen LogP) is 1.46. The van der Waals surface area contributed by atoms with Crippen LogP contribution in [0, 0.1) is 9.39 Å². The Morgan fingerprint density at radius 2 is 2.15 bits per heavy atom. The molecule has 0 aliphatic heterocycles. The van der Waals surface area contributed by atoms with E-state index in [2.05, 4.69) is 0 Å². The summed E-state index contributed by atoms with van der Waals surface area (Å²) in [6.45, 7) is 0. The zero-order valence-electron chi connectivity index (χ0n) is 6.38. The van der Waals surface area contributed by atoms with Crippen molar-refractivity contribution in [3.63, 3.8) is 0 Å². The number of rotatable bonds is 1. The van der Waals surface area contributed by atoms with Crippen LogP contribution >= 0.6 is 35.0 Å². The predicted molar refractivity (Wildman–Crippen MR) is 58.0 cm³/mol. The monoisotopic (exact) mass is 316 g/mol. The Labute approximate surface area is 94.4 Å². The molecule has 1 aromatic rings. The third-order valence-corrected chi connectivity index (χ3v) is 2.42. The molecule has 0 aromatic heterocycles. The Bertz CT molecular complexity index is 321. The van der Waals surface area contributed by atoms with Crippen molar-refractivity contribution in [3.05, 3.63) is 33.1 Å². The van der Waals surface area contributed by atoms with Gasteiger partial charge in [0.25, 0.3) is 5.91 Å². The van der Waals surface area contributed by atoms with Gasteiger partial charge >= 0.3 is 0 Å². The first-order chi connectivity index (χ1) is 5.66. The van der Waals surface area contributed by atoms with Crippen LogP contribution in [-0.4, -0.2) is 5.91 Å². The van der Waals surface area contributed by atoms with E-state index in [0.29, 0.717) is 0 Å². The van der Waals surface area contributed by atoms with Crippen LogP contribution in [0.2, 0.25) is 0 Å². The lowest BCUT2D eigenvalue weighted by Gasteiger charge is -2.02. The molecule has 6 heteroatoms. The lowest BCUT2D eigenvalue weighted by Crippen LogP contribution is -2.30. The second kappa shape index (κ2) is 5.36. The average molecular weight is 317 g/mol. The summed E-state index contributed by atoms with van der Waals surface area (Å²) in [6, 6.07) is 4.25. The first-order valence-corrected chi connectivity index (χ1v) is 4.19. The molecule has 13 heavy (non-hydrogen) atoms. The van der Waals surface area contributed by atoms with Gasteiger partial charge in [-0.3, -0.25) is 10.2 Å². The number of carbonyl (C=O) groups excluding carboxylic acids is 1. The third-order valence-electron chi connectivity index (χ3n) is 1.33. The fraction of sp³-hybridized carbons (Fsp3) is 0. The number of benzene rings is 1. The Hall–Kier alpha value is -0.400. The lowest BCUT2D eigenvalue weighted by atomic mass is 10.2. The Kier molecular flexibility index (Phi) is 5.19. The molecule has 0 saturated carbocycles. The molecule has 1 amide bonds. The van der Waals surface area contributed by atoms with Crippen LogP contribution in [0.4, 0.5) is 4.39 Å². The zero-order chi connectivity index (χ0) is 9.14. The van der Waals surface area contributed by atoms with E-state index in [4.69, 9.17) is 5.84 Å². The summed E-state index contributed by atoms with van der Waals surface area (Å²) < 4.78 is 13.1. The molecule has 72 valence electrons. The highest BCUT2D eigenvalue weighted by atomic mass is 127. The first-order valence-electron chi connectivity index (χ1n) is 3.11. The second-order valence-corrected chi connectivity index (χ2v) is 3.15. The number of halogens is 3. The molecule has 0 aliphatic rings. The molecule has 0 bridgehead atoms.